The van der Waals surface area contributed by atoms with Gasteiger partial charge in [-0.3, -0.25) is 4.79 Å². The Morgan fingerprint density at radius 1 is 1.06 bits per heavy atom. The number of nitrogens with two attached hydrogens (primary N) is 1. The fourth-order valence-corrected chi connectivity index (χ4v) is 4.59. The quantitative estimate of drug-likeness (QED) is 0.413. The number of nitrogens with one attached hydrogen (secondary N) is 1. The molecule has 1 atom stereocenters. The minimum absolute atomic E-state index is 0.0351. The van der Waals surface area contributed by atoms with Gasteiger partial charge in [0.2, 0.25) is 15.9 Å². The first kappa shape index (κ1) is 27.7. The average Bonchev–Trinajstić information content (AvgIpc) is 2.76. The number of sulfonamides is 1. The zero-order valence-electron chi connectivity index (χ0n) is 21.1. The van der Waals surface area contributed by atoms with E-state index in [1.54, 1.807) is 20.3 Å². The topological polar surface area (TPSA) is 108 Å². The van der Waals surface area contributed by atoms with Crippen LogP contribution in [0.4, 0.5) is 5.69 Å². The van der Waals surface area contributed by atoms with Crippen molar-refractivity contribution < 1.29 is 22.7 Å². The Morgan fingerprint density at radius 3 is 2.32 bits per heavy atom. The molecule has 0 aromatic heterocycles. The van der Waals surface area contributed by atoms with Crippen LogP contribution in [0, 0.1) is 0 Å². The van der Waals surface area contributed by atoms with Gasteiger partial charge < -0.3 is 14.8 Å². The summed E-state index contributed by atoms with van der Waals surface area (Å²) >= 11 is 0. The molecule has 0 heterocycles. The van der Waals surface area contributed by atoms with Gasteiger partial charge in [0, 0.05) is 18.2 Å². The van der Waals surface area contributed by atoms with E-state index < -0.39 is 10.0 Å². The van der Waals surface area contributed by atoms with Gasteiger partial charge in [-0.2, -0.15) is 0 Å². The highest BCUT2D eigenvalue weighted by atomic mass is 32.2. The van der Waals surface area contributed by atoms with E-state index in [1.165, 1.54) is 12.1 Å². The maximum absolute atomic E-state index is 13.2. The first-order valence-corrected chi connectivity index (χ1v) is 13.1. The second-order valence-electron chi connectivity index (χ2n) is 9.56. The zero-order valence-corrected chi connectivity index (χ0v) is 21.9. The molecule has 1 unspecified atom stereocenters. The van der Waals surface area contributed by atoms with E-state index in [1.807, 2.05) is 39.0 Å². The first-order valence-electron chi connectivity index (χ1n) is 11.6. The number of hydrogen-bond donors (Lipinski definition) is 2. The molecule has 0 fully saturated rings. The highest BCUT2D eigenvalue weighted by Gasteiger charge is 2.24. The molecule has 0 aliphatic rings. The van der Waals surface area contributed by atoms with Crippen molar-refractivity contribution in [2.24, 2.45) is 5.14 Å². The van der Waals surface area contributed by atoms with Gasteiger partial charge in [-0.15, -0.1) is 0 Å². The van der Waals surface area contributed by atoms with Gasteiger partial charge >= 0.3 is 0 Å². The monoisotopic (exact) mass is 490 g/mol. The van der Waals surface area contributed by atoms with Crippen LogP contribution in [0.3, 0.4) is 0 Å². The zero-order chi connectivity index (χ0) is 25.5. The fraction of sp³-hybridized carbons (Fsp3) is 0.500. The summed E-state index contributed by atoms with van der Waals surface area (Å²) in [6.45, 7) is 8.15. The summed E-state index contributed by atoms with van der Waals surface area (Å²) < 4.78 is 34.7. The number of methoxy groups -OCH3 is 2. The molecule has 0 radical (unpaired) electrons. The van der Waals surface area contributed by atoms with Crippen LogP contribution in [-0.4, -0.2) is 28.5 Å². The molecule has 188 valence electrons. The van der Waals surface area contributed by atoms with Crippen molar-refractivity contribution in [3.63, 3.8) is 0 Å². The molecule has 0 aliphatic heterocycles. The number of rotatable bonds is 11. The summed E-state index contributed by atoms with van der Waals surface area (Å²) in [6, 6.07) is 10.3. The van der Waals surface area contributed by atoms with Crippen molar-refractivity contribution in [3.05, 3.63) is 47.5 Å². The lowest BCUT2D eigenvalue weighted by molar-refractivity contribution is -0.116. The van der Waals surface area contributed by atoms with Gasteiger partial charge in [-0.05, 0) is 47.1 Å². The van der Waals surface area contributed by atoms with Crippen molar-refractivity contribution in [3.8, 4) is 11.5 Å². The van der Waals surface area contributed by atoms with Gasteiger partial charge in [0.05, 0.1) is 19.1 Å². The highest BCUT2D eigenvalue weighted by molar-refractivity contribution is 7.89. The summed E-state index contributed by atoms with van der Waals surface area (Å²) in [5.41, 5.74) is 1.93. The lowest BCUT2D eigenvalue weighted by atomic mass is 9.85. The lowest BCUT2D eigenvalue weighted by Gasteiger charge is -2.25. The summed E-state index contributed by atoms with van der Waals surface area (Å²) in [7, 11) is -0.692. The van der Waals surface area contributed by atoms with Crippen molar-refractivity contribution in [1.29, 1.82) is 0 Å². The molecule has 0 aliphatic carbocycles. The minimum atomic E-state index is -3.90. The van der Waals surface area contributed by atoms with Gasteiger partial charge in [-0.1, -0.05) is 59.1 Å². The second kappa shape index (κ2) is 11.7. The molecule has 8 heteroatoms. The summed E-state index contributed by atoms with van der Waals surface area (Å²) in [5.74, 6) is 1.11. The van der Waals surface area contributed by atoms with Crippen molar-refractivity contribution in [2.45, 2.75) is 76.0 Å². The Kier molecular flexibility index (Phi) is 9.53. The number of carbonyl (C=O) groups is 1. The molecular formula is C26H38N2O5S. The highest BCUT2D eigenvalue weighted by Crippen LogP contribution is 2.37. The Hall–Kier alpha value is -2.58. The molecule has 2 rings (SSSR count). The second-order valence-corrected chi connectivity index (χ2v) is 11.1. The number of ether oxygens (including phenoxy) is 2. The first-order chi connectivity index (χ1) is 15.9. The van der Waals surface area contributed by atoms with Crippen molar-refractivity contribution in [1.82, 2.24) is 0 Å². The molecule has 3 N–H and O–H groups in total. The van der Waals surface area contributed by atoms with E-state index in [0.717, 1.165) is 36.8 Å². The Balaban J connectivity index is 2.38. The van der Waals surface area contributed by atoms with E-state index in [-0.39, 0.29) is 28.6 Å². The average molecular weight is 491 g/mol. The van der Waals surface area contributed by atoms with Gasteiger partial charge in [-0.25, -0.2) is 13.6 Å². The number of carbonyl (C=O) groups excluding carboxylic acids is 1. The van der Waals surface area contributed by atoms with Crippen LogP contribution < -0.4 is 19.9 Å². The Morgan fingerprint density at radius 2 is 1.76 bits per heavy atom. The molecule has 0 bridgehead atoms. The van der Waals surface area contributed by atoms with Crippen LogP contribution >= 0.6 is 0 Å². The van der Waals surface area contributed by atoms with E-state index >= 15 is 0 Å². The standard InChI is InChI=1S/C26H38N2O5S/c1-7-8-9-10-18(21-13-11-19(32-5)16-24(21)33-6)15-25(29)28-23-17-20(34(27,30)31)12-14-22(23)26(2,3)4/h11-14,16-18H,7-10,15H2,1-6H3,(H,28,29)(H2,27,30,31). The molecule has 2 aromatic rings. The number of unbranched alkanes of at least 4 members (excludes halogenated alkanes) is 2. The summed E-state index contributed by atoms with van der Waals surface area (Å²) in [6.07, 6.45) is 4.19. The Bertz CT molecular complexity index is 1090. The number of anilines is 1. The van der Waals surface area contributed by atoms with E-state index in [0.29, 0.717) is 17.2 Å². The van der Waals surface area contributed by atoms with Crippen LogP contribution in [0.2, 0.25) is 0 Å². The predicted octanol–water partition coefficient (Wildman–Crippen LogP) is 5.34. The van der Waals surface area contributed by atoms with Crippen molar-refractivity contribution in [2.75, 3.05) is 19.5 Å². The third kappa shape index (κ3) is 7.46. The Labute approximate surface area is 204 Å². The number of benzene rings is 2. The van der Waals surface area contributed by atoms with Gasteiger partial charge in [0.15, 0.2) is 0 Å². The molecule has 0 saturated carbocycles. The lowest BCUT2D eigenvalue weighted by Crippen LogP contribution is -2.22. The van der Waals surface area contributed by atoms with Gasteiger partial charge in [0.1, 0.15) is 11.5 Å². The van der Waals surface area contributed by atoms with E-state index in [2.05, 4.69) is 12.2 Å². The minimum Gasteiger partial charge on any atom is -0.497 e. The van der Waals surface area contributed by atoms with E-state index in [4.69, 9.17) is 14.6 Å². The van der Waals surface area contributed by atoms with E-state index in [9.17, 15) is 13.2 Å². The number of primary sulfonamides is 1. The predicted molar refractivity (Wildman–Crippen MR) is 136 cm³/mol. The molecule has 0 spiro atoms. The molecule has 1 amide bonds. The molecule has 0 saturated heterocycles. The van der Waals surface area contributed by atoms with Gasteiger partial charge in [0.25, 0.3) is 0 Å². The van der Waals surface area contributed by atoms with Crippen LogP contribution in [0.15, 0.2) is 41.3 Å². The van der Waals surface area contributed by atoms with Crippen LogP contribution in [-0.2, 0) is 20.2 Å². The smallest absolute Gasteiger partial charge is 0.238 e. The van der Waals surface area contributed by atoms with Crippen LogP contribution in [0.25, 0.3) is 0 Å². The SMILES string of the molecule is CCCCCC(CC(=O)Nc1cc(S(N)(=O)=O)ccc1C(C)(C)C)c1ccc(OC)cc1OC. The summed E-state index contributed by atoms with van der Waals surface area (Å²) in [5, 5.41) is 8.29. The third-order valence-corrected chi connectivity index (χ3v) is 6.78. The fourth-order valence-electron chi connectivity index (χ4n) is 4.05. The summed E-state index contributed by atoms with van der Waals surface area (Å²) in [4.78, 5) is 13.2. The van der Waals surface area contributed by atoms with Crippen LogP contribution in [0.5, 0.6) is 11.5 Å². The molecule has 7 nitrogen and oxygen atoms in total. The molecular weight excluding hydrogens is 452 g/mol. The largest absolute Gasteiger partial charge is 0.497 e. The molecule has 34 heavy (non-hydrogen) atoms. The third-order valence-electron chi connectivity index (χ3n) is 5.87. The number of hydrogen-bond acceptors (Lipinski definition) is 5. The maximum atomic E-state index is 13.2. The van der Waals surface area contributed by atoms with Crippen molar-refractivity contribution >= 4 is 21.6 Å². The number of amides is 1. The van der Waals surface area contributed by atoms with Crippen LogP contribution in [0.1, 0.15) is 76.8 Å². The maximum Gasteiger partial charge on any atom is 0.238 e. The molecule has 2 aromatic carbocycles. The normalized spacial score (nSPS) is 12.8.